The van der Waals surface area contributed by atoms with Crippen molar-refractivity contribution in [2.45, 2.75) is 27.2 Å². The van der Waals surface area contributed by atoms with E-state index in [1.54, 1.807) is 13.8 Å². The van der Waals surface area contributed by atoms with Gasteiger partial charge in [-0.25, -0.2) is 4.79 Å². The Morgan fingerprint density at radius 2 is 1.93 bits per heavy atom. The number of esters is 1. The van der Waals surface area contributed by atoms with E-state index in [2.05, 4.69) is 15.2 Å². The highest BCUT2D eigenvalue weighted by Crippen LogP contribution is 2.31. The average Bonchev–Trinajstić information content (AvgIpc) is 2.93. The molecule has 0 aliphatic heterocycles. The van der Waals surface area contributed by atoms with Crippen LogP contribution in [0.3, 0.4) is 0 Å². The van der Waals surface area contributed by atoms with Crippen LogP contribution in [0, 0.1) is 34.1 Å². The molecule has 1 N–H and O–H groups in total. The van der Waals surface area contributed by atoms with Gasteiger partial charge in [-0.3, -0.25) is 20.2 Å². The summed E-state index contributed by atoms with van der Waals surface area (Å²) in [5, 5.41) is 29.6. The molecule has 2 rings (SSSR count). The number of H-pyrrole nitrogens is 1. The van der Waals surface area contributed by atoms with E-state index in [1.807, 2.05) is 6.92 Å². The molecule has 0 amide bonds. The van der Waals surface area contributed by atoms with Crippen LogP contribution in [0.5, 0.6) is 0 Å². The Morgan fingerprint density at radius 1 is 1.21 bits per heavy atom. The SMILES string of the molecule is CCOC(=O)c1[nH]c(C)c(CCN=Nc2ccc([N+](=O)[O-])cc2[N+](=O)[O-])c1C. The van der Waals surface area contributed by atoms with Crippen molar-refractivity contribution in [2.75, 3.05) is 13.2 Å². The molecule has 28 heavy (non-hydrogen) atoms. The smallest absolute Gasteiger partial charge is 0.355 e. The summed E-state index contributed by atoms with van der Waals surface area (Å²) in [6.07, 6.45) is 0.456. The summed E-state index contributed by atoms with van der Waals surface area (Å²) in [6, 6.07) is 3.17. The zero-order valence-corrected chi connectivity index (χ0v) is 15.6. The normalized spacial score (nSPS) is 11.0. The van der Waals surface area contributed by atoms with Gasteiger partial charge in [0.2, 0.25) is 0 Å². The topological polar surface area (TPSA) is 153 Å². The van der Waals surface area contributed by atoms with Crippen LogP contribution in [0.25, 0.3) is 0 Å². The highest BCUT2D eigenvalue weighted by molar-refractivity contribution is 5.89. The molecule has 11 nitrogen and oxygen atoms in total. The number of aryl methyl sites for hydroxylation is 1. The molecular weight excluding hydrogens is 370 g/mol. The van der Waals surface area contributed by atoms with Crippen molar-refractivity contribution in [2.24, 2.45) is 10.2 Å². The number of nitrogens with zero attached hydrogens (tertiary/aromatic N) is 4. The number of hydrogen-bond acceptors (Lipinski definition) is 8. The minimum Gasteiger partial charge on any atom is -0.461 e. The first-order chi connectivity index (χ1) is 13.3. The van der Waals surface area contributed by atoms with E-state index in [0.29, 0.717) is 12.1 Å². The largest absolute Gasteiger partial charge is 0.461 e. The number of aromatic amines is 1. The first-order valence-corrected chi connectivity index (χ1v) is 8.41. The van der Waals surface area contributed by atoms with Gasteiger partial charge in [-0.1, -0.05) is 0 Å². The lowest BCUT2D eigenvalue weighted by Crippen LogP contribution is -2.06. The molecule has 0 unspecified atom stereocenters. The Morgan fingerprint density at radius 3 is 2.54 bits per heavy atom. The zero-order chi connectivity index (χ0) is 20.8. The fraction of sp³-hybridized carbons (Fsp3) is 0.353. The number of carbonyl (C=O) groups excluding carboxylic acids is 1. The quantitative estimate of drug-likeness (QED) is 0.312. The van der Waals surface area contributed by atoms with Crippen LogP contribution in [0.1, 0.15) is 34.2 Å². The zero-order valence-electron chi connectivity index (χ0n) is 15.6. The lowest BCUT2D eigenvalue weighted by molar-refractivity contribution is -0.393. The Kier molecular flexibility index (Phi) is 6.53. The van der Waals surface area contributed by atoms with Crippen LogP contribution in [0.2, 0.25) is 0 Å². The fourth-order valence-corrected chi connectivity index (χ4v) is 2.72. The number of hydrogen-bond donors (Lipinski definition) is 1. The molecule has 0 spiro atoms. The number of nitro groups is 2. The second kappa shape index (κ2) is 8.84. The second-order valence-corrected chi connectivity index (χ2v) is 5.85. The minimum atomic E-state index is -0.743. The number of benzene rings is 1. The van der Waals surface area contributed by atoms with Crippen molar-refractivity contribution >= 4 is 23.0 Å². The van der Waals surface area contributed by atoms with Crippen molar-refractivity contribution in [3.63, 3.8) is 0 Å². The van der Waals surface area contributed by atoms with Gasteiger partial charge >= 0.3 is 11.7 Å². The van der Waals surface area contributed by atoms with Crippen LogP contribution in [0.4, 0.5) is 17.1 Å². The van der Waals surface area contributed by atoms with Gasteiger partial charge in [0, 0.05) is 11.8 Å². The summed E-state index contributed by atoms with van der Waals surface area (Å²) >= 11 is 0. The lowest BCUT2D eigenvalue weighted by Gasteiger charge is -2.01. The van der Waals surface area contributed by atoms with Crippen LogP contribution >= 0.6 is 0 Å². The van der Waals surface area contributed by atoms with E-state index in [4.69, 9.17) is 4.74 Å². The maximum absolute atomic E-state index is 11.9. The van der Waals surface area contributed by atoms with Crippen LogP contribution < -0.4 is 0 Å². The van der Waals surface area contributed by atoms with Crippen molar-refractivity contribution in [1.82, 2.24) is 4.98 Å². The third kappa shape index (κ3) is 4.55. The van der Waals surface area contributed by atoms with Crippen LogP contribution in [0.15, 0.2) is 28.4 Å². The van der Waals surface area contributed by atoms with E-state index in [1.165, 1.54) is 6.07 Å². The molecule has 0 fully saturated rings. The minimum absolute atomic E-state index is 0.0645. The fourth-order valence-electron chi connectivity index (χ4n) is 2.72. The molecule has 11 heteroatoms. The van der Waals surface area contributed by atoms with Gasteiger partial charge < -0.3 is 9.72 Å². The maximum atomic E-state index is 11.9. The number of ether oxygens (including phenoxy) is 1. The molecule has 0 bridgehead atoms. The predicted molar refractivity (Wildman–Crippen MR) is 99.1 cm³/mol. The monoisotopic (exact) mass is 389 g/mol. The van der Waals surface area contributed by atoms with E-state index in [9.17, 15) is 25.0 Å². The van der Waals surface area contributed by atoms with E-state index in [-0.39, 0.29) is 18.8 Å². The number of azo groups is 1. The Labute approximate surface area is 159 Å². The van der Waals surface area contributed by atoms with Gasteiger partial charge in [0.1, 0.15) is 5.69 Å². The Hall–Kier alpha value is -3.63. The molecule has 0 radical (unpaired) electrons. The van der Waals surface area contributed by atoms with E-state index in [0.717, 1.165) is 29.0 Å². The highest BCUT2D eigenvalue weighted by atomic mass is 16.6. The lowest BCUT2D eigenvalue weighted by atomic mass is 10.1. The average molecular weight is 389 g/mol. The maximum Gasteiger partial charge on any atom is 0.355 e. The van der Waals surface area contributed by atoms with Crippen LogP contribution in [-0.2, 0) is 11.2 Å². The molecule has 1 aromatic carbocycles. The molecule has 148 valence electrons. The molecule has 0 saturated heterocycles. The molecule has 0 saturated carbocycles. The first-order valence-electron chi connectivity index (χ1n) is 8.41. The molecule has 1 heterocycles. The standard InChI is InChI=1S/C17H19N5O6/c1-4-28-17(23)16-10(2)13(11(3)19-16)7-8-18-20-14-6-5-12(21(24)25)9-15(14)22(26)27/h5-6,9,19H,4,7-8H2,1-3H3. The van der Waals surface area contributed by atoms with Crippen molar-refractivity contribution in [1.29, 1.82) is 0 Å². The van der Waals surface area contributed by atoms with Gasteiger partial charge in [-0.15, -0.1) is 5.11 Å². The molecule has 1 aromatic heterocycles. The molecule has 2 aromatic rings. The number of aromatic nitrogens is 1. The van der Waals surface area contributed by atoms with Gasteiger partial charge in [-0.2, -0.15) is 5.11 Å². The number of nitro benzene ring substituents is 2. The van der Waals surface area contributed by atoms with Gasteiger partial charge in [0.15, 0.2) is 5.69 Å². The van der Waals surface area contributed by atoms with Gasteiger partial charge in [-0.05, 0) is 44.4 Å². The van der Waals surface area contributed by atoms with E-state index >= 15 is 0 Å². The first kappa shape index (κ1) is 20.7. The molecule has 0 aliphatic carbocycles. The Balaban J connectivity index is 2.14. The van der Waals surface area contributed by atoms with Crippen molar-refractivity contribution in [3.8, 4) is 0 Å². The summed E-state index contributed by atoms with van der Waals surface area (Å²) in [5.41, 5.74) is 1.89. The number of non-ortho nitro benzene ring substituents is 1. The van der Waals surface area contributed by atoms with Gasteiger partial charge in [0.05, 0.1) is 29.1 Å². The summed E-state index contributed by atoms with van der Waals surface area (Å²) in [5.74, 6) is -0.433. The van der Waals surface area contributed by atoms with Crippen molar-refractivity contribution in [3.05, 3.63) is 60.9 Å². The third-order valence-electron chi connectivity index (χ3n) is 4.08. The Bertz CT molecular complexity index is 950. The number of nitrogens with one attached hydrogen (secondary N) is 1. The molecule has 0 aliphatic rings. The summed E-state index contributed by atoms with van der Waals surface area (Å²) in [4.78, 5) is 35.3. The summed E-state index contributed by atoms with van der Waals surface area (Å²) in [6.45, 7) is 5.83. The van der Waals surface area contributed by atoms with Crippen molar-refractivity contribution < 1.29 is 19.4 Å². The summed E-state index contributed by atoms with van der Waals surface area (Å²) in [7, 11) is 0. The van der Waals surface area contributed by atoms with Gasteiger partial charge in [0.25, 0.3) is 5.69 Å². The predicted octanol–water partition coefficient (Wildman–Crippen LogP) is 3.95. The van der Waals surface area contributed by atoms with Crippen LogP contribution in [-0.4, -0.2) is 34.0 Å². The third-order valence-corrected chi connectivity index (χ3v) is 4.08. The number of rotatable bonds is 8. The van der Waals surface area contributed by atoms with E-state index < -0.39 is 27.2 Å². The highest BCUT2D eigenvalue weighted by Gasteiger charge is 2.20. The summed E-state index contributed by atoms with van der Waals surface area (Å²) < 4.78 is 5.00. The molecule has 0 atom stereocenters. The number of carbonyl (C=O) groups is 1. The molecular formula is C17H19N5O6. The second-order valence-electron chi connectivity index (χ2n) is 5.85.